The van der Waals surface area contributed by atoms with E-state index in [0.717, 1.165) is 6.42 Å². The maximum Gasteiger partial charge on any atom is 0.00857 e. The highest BCUT2D eigenvalue weighted by atomic mass is 14.2. The Balaban J connectivity index is 1.82. The Morgan fingerprint density at radius 1 is 0.714 bits per heavy atom. The van der Waals surface area contributed by atoms with Gasteiger partial charge in [0.25, 0.3) is 0 Å². The topological polar surface area (TPSA) is 0 Å². The van der Waals surface area contributed by atoms with Crippen LogP contribution < -0.4 is 0 Å². The van der Waals surface area contributed by atoms with E-state index >= 15 is 0 Å². The van der Waals surface area contributed by atoms with Gasteiger partial charge in [-0.15, -0.1) is 0 Å². The summed E-state index contributed by atoms with van der Waals surface area (Å²) >= 11 is 0. The molecular weight excluding hydrogens is 336 g/mol. The second kappa shape index (κ2) is 7.64. The molecule has 0 nitrogen and oxygen atoms in total. The SMILES string of the molecule is CC1=CC=CCC1c1ccc(-c2cccc(C)c2-c2ccccc2C)cc1C. The summed E-state index contributed by atoms with van der Waals surface area (Å²) < 4.78 is 0. The zero-order chi connectivity index (χ0) is 19.7. The average molecular weight is 365 g/mol. The highest BCUT2D eigenvalue weighted by Gasteiger charge is 2.18. The van der Waals surface area contributed by atoms with Gasteiger partial charge in [-0.2, -0.15) is 0 Å². The average Bonchev–Trinajstić information content (AvgIpc) is 2.69. The molecule has 0 spiro atoms. The summed E-state index contributed by atoms with van der Waals surface area (Å²) in [4.78, 5) is 0. The summed E-state index contributed by atoms with van der Waals surface area (Å²) in [5.41, 5.74) is 12.2. The molecule has 1 atom stereocenters. The molecule has 0 fully saturated rings. The molecule has 0 N–H and O–H groups in total. The van der Waals surface area contributed by atoms with Gasteiger partial charge in [0.1, 0.15) is 0 Å². The van der Waals surface area contributed by atoms with Crippen molar-refractivity contribution in [1.29, 1.82) is 0 Å². The molecule has 0 heteroatoms. The smallest absolute Gasteiger partial charge is 0.00857 e. The molecule has 0 heterocycles. The summed E-state index contributed by atoms with van der Waals surface area (Å²) in [6.07, 6.45) is 7.80. The van der Waals surface area contributed by atoms with Crippen LogP contribution in [0.4, 0.5) is 0 Å². The first-order valence-corrected chi connectivity index (χ1v) is 10.2. The summed E-state index contributed by atoms with van der Waals surface area (Å²) in [5.74, 6) is 0.507. The van der Waals surface area contributed by atoms with Gasteiger partial charge in [0.15, 0.2) is 0 Å². The van der Waals surface area contributed by atoms with Crippen LogP contribution in [0.5, 0.6) is 0 Å². The summed E-state index contributed by atoms with van der Waals surface area (Å²) in [7, 11) is 0. The van der Waals surface area contributed by atoms with E-state index in [4.69, 9.17) is 0 Å². The minimum absolute atomic E-state index is 0.507. The van der Waals surface area contributed by atoms with Crippen molar-refractivity contribution in [3.8, 4) is 22.3 Å². The fraction of sp³-hybridized carbons (Fsp3) is 0.214. The molecule has 140 valence electrons. The number of aryl methyl sites for hydroxylation is 3. The minimum Gasteiger partial charge on any atom is -0.0836 e. The summed E-state index contributed by atoms with van der Waals surface area (Å²) in [6, 6.07) is 22.4. The lowest BCUT2D eigenvalue weighted by atomic mass is 9.82. The fourth-order valence-electron chi connectivity index (χ4n) is 4.46. The lowest BCUT2D eigenvalue weighted by molar-refractivity contribution is 0.791. The van der Waals surface area contributed by atoms with Gasteiger partial charge >= 0.3 is 0 Å². The largest absolute Gasteiger partial charge is 0.0836 e. The van der Waals surface area contributed by atoms with Crippen molar-refractivity contribution in [2.24, 2.45) is 0 Å². The highest BCUT2D eigenvalue weighted by molar-refractivity contribution is 5.87. The molecule has 0 bridgehead atoms. The molecule has 0 saturated heterocycles. The van der Waals surface area contributed by atoms with Crippen molar-refractivity contribution in [3.05, 3.63) is 107 Å². The van der Waals surface area contributed by atoms with Crippen LogP contribution in [0.2, 0.25) is 0 Å². The molecule has 4 rings (SSSR count). The summed E-state index contributed by atoms with van der Waals surface area (Å²) in [5, 5.41) is 0. The van der Waals surface area contributed by atoms with Crippen LogP contribution in [0.15, 0.2) is 84.5 Å². The van der Waals surface area contributed by atoms with E-state index < -0.39 is 0 Å². The van der Waals surface area contributed by atoms with E-state index in [-0.39, 0.29) is 0 Å². The number of benzene rings is 3. The van der Waals surface area contributed by atoms with Gasteiger partial charge in [-0.25, -0.2) is 0 Å². The van der Waals surface area contributed by atoms with Crippen molar-refractivity contribution in [2.45, 2.75) is 40.0 Å². The van der Waals surface area contributed by atoms with Crippen LogP contribution in [0.3, 0.4) is 0 Å². The Bertz CT molecular complexity index is 1080. The predicted molar refractivity (Wildman–Crippen MR) is 122 cm³/mol. The summed E-state index contributed by atoms with van der Waals surface area (Å²) in [6.45, 7) is 8.92. The lowest BCUT2D eigenvalue weighted by Gasteiger charge is -2.22. The molecule has 28 heavy (non-hydrogen) atoms. The van der Waals surface area contributed by atoms with Gasteiger partial charge in [-0.1, -0.05) is 84.5 Å². The van der Waals surface area contributed by atoms with Crippen LogP contribution >= 0.6 is 0 Å². The van der Waals surface area contributed by atoms with E-state index in [0.29, 0.717) is 5.92 Å². The van der Waals surface area contributed by atoms with E-state index in [9.17, 15) is 0 Å². The number of hydrogen-bond donors (Lipinski definition) is 0. The van der Waals surface area contributed by atoms with E-state index in [2.05, 4.69) is 107 Å². The number of hydrogen-bond acceptors (Lipinski definition) is 0. The molecule has 1 aliphatic rings. The third-order valence-electron chi connectivity index (χ3n) is 6.06. The van der Waals surface area contributed by atoms with Gasteiger partial charge in [-0.05, 0) is 78.6 Å². The first-order valence-electron chi connectivity index (χ1n) is 10.2. The van der Waals surface area contributed by atoms with Gasteiger partial charge in [0.05, 0.1) is 0 Å². The minimum atomic E-state index is 0.507. The van der Waals surface area contributed by atoms with E-state index in [1.165, 1.54) is 50.1 Å². The van der Waals surface area contributed by atoms with Gasteiger partial charge < -0.3 is 0 Å². The van der Waals surface area contributed by atoms with Crippen LogP contribution in [0.25, 0.3) is 22.3 Å². The third-order valence-corrected chi connectivity index (χ3v) is 6.06. The number of rotatable bonds is 3. The Hall–Kier alpha value is -2.86. The first-order chi connectivity index (χ1) is 13.6. The maximum atomic E-state index is 2.37. The van der Waals surface area contributed by atoms with Gasteiger partial charge in [0.2, 0.25) is 0 Å². The molecular formula is C28H28. The second-order valence-electron chi connectivity index (χ2n) is 8.01. The van der Waals surface area contributed by atoms with E-state index in [1.807, 2.05) is 0 Å². The molecule has 0 aromatic heterocycles. The second-order valence-corrected chi connectivity index (χ2v) is 8.01. The van der Waals surface area contributed by atoms with Crippen molar-refractivity contribution >= 4 is 0 Å². The van der Waals surface area contributed by atoms with Gasteiger partial charge in [0, 0.05) is 5.92 Å². The normalized spacial score (nSPS) is 16.1. The zero-order valence-electron chi connectivity index (χ0n) is 17.3. The fourth-order valence-corrected chi connectivity index (χ4v) is 4.46. The quantitative estimate of drug-likeness (QED) is 0.442. The van der Waals surface area contributed by atoms with Crippen molar-refractivity contribution in [2.75, 3.05) is 0 Å². The third kappa shape index (κ3) is 3.36. The Morgan fingerprint density at radius 3 is 2.21 bits per heavy atom. The molecule has 0 radical (unpaired) electrons. The standard InChI is InChI=1S/C28H28/c1-19-10-5-7-13-24(19)25-17-16-23(18-22(25)4)27-15-9-12-21(3)28(27)26-14-8-6-11-20(26)2/h5-12,14-18,24H,13H2,1-4H3. The monoisotopic (exact) mass is 364 g/mol. The van der Waals surface area contributed by atoms with Crippen LogP contribution in [-0.4, -0.2) is 0 Å². The molecule has 0 amide bonds. The molecule has 0 saturated carbocycles. The van der Waals surface area contributed by atoms with Crippen LogP contribution in [-0.2, 0) is 0 Å². The van der Waals surface area contributed by atoms with Crippen LogP contribution in [0.1, 0.15) is 41.5 Å². The predicted octanol–water partition coefficient (Wildman–Crippen LogP) is 7.94. The van der Waals surface area contributed by atoms with Crippen molar-refractivity contribution < 1.29 is 0 Å². The Morgan fingerprint density at radius 2 is 1.46 bits per heavy atom. The Labute approximate surface area is 169 Å². The van der Waals surface area contributed by atoms with Gasteiger partial charge in [-0.3, -0.25) is 0 Å². The zero-order valence-corrected chi connectivity index (χ0v) is 17.3. The van der Waals surface area contributed by atoms with Crippen molar-refractivity contribution in [1.82, 2.24) is 0 Å². The number of allylic oxidation sites excluding steroid dienone is 4. The lowest BCUT2D eigenvalue weighted by Crippen LogP contribution is -2.04. The maximum absolute atomic E-state index is 2.37. The van der Waals surface area contributed by atoms with Crippen LogP contribution in [0, 0.1) is 20.8 Å². The van der Waals surface area contributed by atoms with E-state index in [1.54, 1.807) is 0 Å². The molecule has 3 aromatic rings. The Kier molecular flexibility index (Phi) is 5.05. The molecule has 0 aliphatic heterocycles. The molecule has 3 aromatic carbocycles. The molecule has 1 aliphatic carbocycles. The highest BCUT2D eigenvalue weighted by Crippen LogP contribution is 2.39. The van der Waals surface area contributed by atoms with Crippen molar-refractivity contribution in [3.63, 3.8) is 0 Å². The molecule has 1 unspecified atom stereocenters. The first kappa shape index (κ1) is 18.5.